The van der Waals surface area contributed by atoms with E-state index in [9.17, 15) is 18.0 Å². The van der Waals surface area contributed by atoms with Crippen molar-refractivity contribution in [1.82, 2.24) is 10.2 Å². The molecule has 2 aliphatic heterocycles. The SMILES string of the molecule is O=C(NC1CCN(C(=S)Nc2ccc3c(c2)OCCO3)C1)C(F)(F)F. The van der Waals surface area contributed by atoms with Crippen LogP contribution in [0.5, 0.6) is 11.5 Å². The minimum Gasteiger partial charge on any atom is -0.486 e. The predicted octanol–water partition coefficient (Wildman–Crippen LogP) is 1.91. The second-order valence-electron chi connectivity index (χ2n) is 5.69. The van der Waals surface area contributed by atoms with Gasteiger partial charge in [-0.15, -0.1) is 0 Å². The van der Waals surface area contributed by atoms with Gasteiger partial charge in [-0.2, -0.15) is 13.2 Å². The molecule has 10 heteroatoms. The monoisotopic (exact) mass is 375 g/mol. The van der Waals surface area contributed by atoms with E-state index in [2.05, 4.69) is 5.32 Å². The topological polar surface area (TPSA) is 62.8 Å². The third-order valence-electron chi connectivity index (χ3n) is 3.86. The van der Waals surface area contributed by atoms with Gasteiger partial charge in [0.25, 0.3) is 0 Å². The third kappa shape index (κ3) is 4.25. The first-order chi connectivity index (χ1) is 11.8. The number of carbonyl (C=O) groups excluding carboxylic acids is 1. The summed E-state index contributed by atoms with van der Waals surface area (Å²) in [4.78, 5) is 12.7. The van der Waals surface area contributed by atoms with E-state index in [-0.39, 0.29) is 6.54 Å². The van der Waals surface area contributed by atoms with E-state index in [4.69, 9.17) is 21.7 Å². The van der Waals surface area contributed by atoms with E-state index in [1.54, 1.807) is 23.1 Å². The lowest BCUT2D eigenvalue weighted by Gasteiger charge is -2.22. The Hall–Kier alpha value is -2.23. The summed E-state index contributed by atoms with van der Waals surface area (Å²) in [7, 11) is 0. The van der Waals surface area contributed by atoms with Crippen LogP contribution in [0, 0.1) is 0 Å². The highest BCUT2D eigenvalue weighted by atomic mass is 32.1. The molecule has 0 saturated carbocycles. The number of ether oxygens (including phenoxy) is 2. The molecule has 0 radical (unpaired) electrons. The first-order valence-electron chi connectivity index (χ1n) is 7.66. The van der Waals surface area contributed by atoms with E-state index in [1.807, 2.05) is 5.32 Å². The molecule has 1 aromatic carbocycles. The smallest absolute Gasteiger partial charge is 0.471 e. The summed E-state index contributed by atoms with van der Waals surface area (Å²) in [6, 6.07) is 4.70. The first kappa shape index (κ1) is 17.6. The number of thiocarbonyl (C=S) groups is 1. The molecule has 0 aromatic heterocycles. The van der Waals surface area contributed by atoms with Crippen molar-refractivity contribution in [3.8, 4) is 11.5 Å². The number of anilines is 1. The maximum atomic E-state index is 12.3. The van der Waals surface area contributed by atoms with Gasteiger partial charge in [0.1, 0.15) is 13.2 Å². The molecule has 25 heavy (non-hydrogen) atoms. The van der Waals surface area contributed by atoms with Gasteiger partial charge in [-0.05, 0) is 30.8 Å². The van der Waals surface area contributed by atoms with E-state index >= 15 is 0 Å². The number of alkyl halides is 3. The van der Waals surface area contributed by atoms with Crippen LogP contribution in [0.2, 0.25) is 0 Å². The molecular weight excluding hydrogens is 359 g/mol. The van der Waals surface area contributed by atoms with Crippen molar-refractivity contribution in [2.45, 2.75) is 18.6 Å². The van der Waals surface area contributed by atoms with E-state index in [1.165, 1.54) is 0 Å². The summed E-state index contributed by atoms with van der Waals surface area (Å²) in [5, 5.41) is 5.38. The van der Waals surface area contributed by atoms with E-state index in [0.717, 1.165) is 0 Å². The van der Waals surface area contributed by atoms with E-state index in [0.29, 0.717) is 48.5 Å². The van der Waals surface area contributed by atoms with Gasteiger partial charge in [0.05, 0.1) is 0 Å². The Balaban J connectivity index is 1.55. The molecule has 1 unspecified atom stereocenters. The summed E-state index contributed by atoms with van der Waals surface area (Å²) in [5.41, 5.74) is 0.692. The highest BCUT2D eigenvalue weighted by molar-refractivity contribution is 7.80. The zero-order valence-electron chi connectivity index (χ0n) is 13.1. The molecule has 2 heterocycles. The number of likely N-dealkylation sites (tertiary alicyclic amines) is 1. The lowest BCUT2D eigenvalue weighted by atomic mass is 10.2. The Labute approximate surface area is 147 Å². The number of benzene rings is 1. The number of carbonyl (C=O) groups is 1. The summed E-state index contributed by atoms with van der Waals surface area (Å²) in [6.45, 7) is 1.64. The van der Waals surface area contributed by atoms with Crippen molar-refractivity contribution < 1.29 is 27.4 Å². The van der Waals surface area contributed by atoms with Crippen molar-refractivity contribution in [3.05, 3.63) is 18.2 Å². The van der Waals surface area contributed by atoms with Crippen molar-refractivity contribution in [2.75, 3.05) is 31.6 Å². The fraction of sp³-hybridized carbons (Fsp3) is 0.467. The molecular formula is C15H16F3N3O3S. The molecule has 1 aromatic rings. The van der Waals surface area contributed by atoms with Crippen molar-refractivity contribution in [1.29, 1.82) is 0 Å². The average Bonchev–Trinajstić information content (AvgIpc) is 3.02. The Morgan fingerprint density at radius 3 is 2.68 bits per heavy atom. The normalized spacial score (nSPS) is 19.5. The Kier molecular flexibility index (Phi) is 4.89. The van der Waals surface area contributed by atoms with Gasteiger partial charge in [-0.1, -0.05) is 0 Å². The third-order valence-corrected chi connectivity index (χ3v) is 4.22. The second-order valence-corrected chi connectivity index (χ2v) is 6.08. The fourth-order valence-corrected chi connectivity index (χ4v) is 2.94. The van der Waals surface area contributed by atoms with Crippen LogP contribution < -0.4 is 20.1 Å². The first-order valence-corrected chi connectivity index (χ1v) is 8.07. The van der Waals surface area contributed by atoms with Crippen LogP contribution in [0.1, 0.15) is 6.42 Å². The maximum Gasteiger partial charge on any atom is 0.471 e. The molecule has 136 valence electrons. The summed E-state index contributed by atoms with van der Waals surface area (Å²) in [6.07, 6.45) is -4.48. The minimum atomic E-state index is -4.88. The Morgan fingerprint density at radius 1 is 1.24 bits per heavy atom. The Bertz CT molecular complexity index is 684. The number of nitrogens with one attached hydrogen (secondary N) is 2. The molecule has 1 amide bonds. The molecule has 2 N–H and O–H groups in total. The summed E-state index contributed by atoms with van der Waals surface area (Å²) in [5.74, 6) is -0.667. The molecule has 1 saturated heterocycles. The average molecular weight is 375 g/mol. The van der Waals surface area contributed by atoms with Gasteiger partial charge in [0.2, 0.25) is 0 Å². The van der Waals surface area contributed by atoms with Gasteiger partial charge in [0.15, 0.2) is 16.6 Å². The number of nitrogens with zero attached hydrogens (tertiary/aromatic N) is 1. The molecule has 3 rings (SSSR count). The van der Waals surface area contributed by atoms with Crippen LogP contribution in [0.4, 0.5) is 18.9 Å². The number of hydrogen-bond acceptors (Lipinski definition) is 4. The van der Waals surface area contributed by atoms with Crippen LogP contribution >= 0.6 is 12.2 Å². The van der Waals surface area contributed by atoms with Crippen LogP contribution in [0.15, 0.2) is 18.2 Å². The standard InChI is InChI=1S/C15H16F3N3O3S/c16-15(17,18)13(22)19-10-3-4-21(8-10)14(25)20-9-1-2-11-12(7-9)24-6-5-23-11/h1-2,7,10H,3-6,8H2,(H,19,22)(H,20,25). The lowest BCUT2D eigenvalue weighted by Crippen LogP contribution is -2.45. The minimum absolute atomic E-state index is 0.220. The van der Waals surface area contributed by atoms with Gasteiger partial charge in [-0.25, -0.2) is 0 Å². The highest BCUT2D eigenvalue weighted by Crippen LogP contribution is 2.32. The summed E-state index contributed by atoms with van der Waals surface area (Å²) < 4.78 is 47.8. The fourth-order valence-electron chi connectivity index (χ4n) is 2.65. The highest BCUT2D eigenvalue weighted by Gasteiger charge is 2.40. The van der Waals surface area contributed by atoms with E-state index < -0.39 is 18.1 Å². The quantitative estimate of drug-likeness (QED) is 0.770. The van der Waals surface area contributed by atoms with Crippen molar-refractivity contribution in [3.63, 3.8) is 0 Å². The predicted molar refractivity (Wildman–Crippen MR) is 87.8 cm³/mol. The molecule has 0 bridgehead atoms. The van der Waals surface area contributed by atoms with Crippen LogP contribution in [-0.2, 0) is 4.79 Å². The molecule has 6 nitrogen and oxygen atoms in total. The van der Waals surface area contributed by atoms with Gasteiger partial charge in [-0.3, -0.25) is 4.79 Å². The summed E-state index contributed by atoms with van der Waals surface area (Å²) >= 11 is 5.30. The molecule has 2 aliphatic rings. The zero-order valence-corrected chi connectivity index (χ0v) is 13.9. The van der Waals surface area contributed by atoms with Crippen LogP contribution in [-0.4, -0.2) is 54.4 Å². The number of amides is 1. The molecule has 0 aliphatic carbocycles. The van der Waals surface area contributed by atoms with Gasteiger partial charge in [0, 0.05) is 30.9 Å². The molecule has 1 atom stereocenters. The maximum absolute atomic E-state index is 12.3. The Morgan fingerprint density at radius 2 is 1.96 bits per heavy atom. The number of fused-ring (bicyclic) bond motifs is 1. The number of rotatable bonds is 2. The van der Waals surface area contributed by atoms with Gasteiger partial charge < -0.3 is 25.0 Å². The van der Waals surface area contributed by atoms with Crippen molar-refractivity contribution in [2.24, 2.45) is 0 Å². The zero-order chi connectivity index (χ0) is 18.0. The van der Waals surface area contributed by atoms with Gasteiger partial charge >= 0.3 is 12.1 Å². The lowest BCUT2D eigenvalue weighted by molar-refractivity contribution is -0.174. The van der Waals surface area contributed by atoms with Crippen LogP contribution in [0.3, 0.4) is 0 Å². The largest absolute Gasteiger partial charge is 0.486 e. The molecule has 1 fully saturated rings. The number of halogens is 3. The second kappa shape index (κ2) is 6.95. The van der Waals surface area contributed by atoms with Crippen molar-refractivity contribution >= 4 is 28.9 Å². The number of hydrogen-bond donors (Lipinski definition) is 2. The van der Waals surface area contributed by atoms with Crippen LogP contribution in [0.25, 0.3) is 0 Å². The molecule has 0 spiro atoms.